The van der Waals surface area contributed by atoms with E-state index in [4.69, 9.17) is 23.2 Å². The van der Waals surface area contributed by atoms with Crippen molar-refractivity contribution in [2.24, 2.45) is 0 Å². The van der Waals surface area contributed by atoms with Crippen molar-refractivity contribution in [3.63, 3.8) is 0 Å². The molecule has 4 aromatic carbocycles. The number of aromatic nitrogens is 1. The van der Waals surface area contributed by atoms with Crippen LogP contribution in [-0.2, 0) is 6.54 Å². The molecular weight excluding hydrogens is 682 g/mol. The van der Waals surface area contributed by atoms with Crippen LogP contribution < -0.4 is 14.4 Å². The first kappa shape index (κ1) is 33.7. The third-order valence-corrected chi connectivity index (χ3v) is 11.6. The maximum Gasteiger partial charge on any atom is 0.262 e. The van der Waals surface area contributed by atoms with E-state index in [2.05, 4.69) is 137 Å². The van der Waals surface area contributed by atoms with E-state index in [1.807, 2.05) is 35.2 Å². The molecule has 248 valence electrons. The first-order valence-corrected chi connectivity index (χ1v) is 19.5. The number of rotatable bonds is 10. The van der Waals surface area contributed by atoms with Crippen molar-refractivity contribution in [1.29, 1.82) is 0 Å². The minimum absolute atomic E-state index is 0.775. The summed E-state index contributed by atoms with van der Waals surface area (Å²) in [5, 5.41) is 4.03. The zero-order valence-corrected chi connectivity index (χ0v) is 31.1. The van der Waals surface area contributed by atoms with Gasteiger partial charge in [0, 0.05) is 51.4 Å². The molecule has 7 rings (SSSR count). The van der Waals surface area contributed by atoms with E-state index < -0.39 is 0 Å². The molecule has 2 heterocycles. The van der Waals surface area contributed by atoms with Crippen LogP contribution in [0.4, 0.5) is 17.1 Å². The SMILES string of the molecule is CCCN1C(=CC=C2CCCC(C=Cc3sc4ccc(Cl)cc4[n+]3CCC)=C2N(c2ccccc2)c2ccccc2)Sc2ccc(Cl)cc21. The lowest BCUT2D eigenvalue weighted by molar-refractivity contribution is -0.668. The van der Waals surface area contributed by atoms with Gasteiger partial charge in [0.1, 0.15) is 11.2 Å². The van der Waals surface area contributed by atoms with Gasteiger partial charge in [-0.3, -0.25) is 0 Å². The van der Waals surface area contributed by atoms with E-state index >= 15 is 0 Å². The van der Waals surface area contributed by atoms with Crippen LogP contribution in [0.5, 0.6) is 0 Å². The number of para-hydroxylation sites is 2. The van der Waals surface area contributed by atoms with Gasteiger partial charge in [-0.25, -0.2) is 0 Å². The highest BCUT2D eigenvalue weighted by molar-refractivity contribution is 8.03. The number of hydrogen-bond donors (Lipinski definition) is 0. The quantitative estimate of drug-likeness (QED) is 0.133. The lowest BCUT2D eigenvalue weighted by Gasteiger charge is -2.34. The minimum Gasteiger partial charge on any atom is -0.335 e. The Labute approximate surface area is 308 Å². The van der Waals surface area contributed by atoms with Gasteiger partial charge < -0.3 is 9.80 Å². The van der Waals surface area contributed by atoms with Crippen LogP contribution in [-0.4, -0.2) is 6.54 Å². The van der Waals surface area contributed by atoms with Gasteiger partial charge in [0.25, 0.3) is 5.01 Å². The molecule has 0 saturated heterocycles. The molecule has 0 saturated carbocycles. The molecule has 1 aliphatic heterocycles. The van der Waals surface area contributed by atoms with Crippen LogP contribution >= 0.6 is 46.3 Å². The van der Waals surface area contributed by atoms with Crippen molar-refractivity contribution in [3.05, 3.63) is 152 Å². The highest BCUT2D eigenvalue weighted by Gasteiger charge is 2.27. The Morgan fingerprint density at radius 1 is 0.796 bits per heavy atom. The van der Waals surface area contributed by atoms with E-state index in [1.54, 1.807) is 0 Å². The van der Waals surface area contributed by atoms with Gasteiger partial charge in [-0.15, -0.1) is 0 Å². The average Bonchev–Trinajstić information content (AvgIpc) is 3.64. The fraction of sp³-hybridized carbons (Fsp3) is 0.214. The van der Waals surface area contributed by atoms with Gasteiger partial charge in [0.05, 0.1) is 16.4 Å². The van der Waals surface area contributed by atoms with Crippen molar-refractivity contribution in [3.8, 4) is 0 Å². The smallest absolute Gasteiger partial charge is 0.262 e. The lowest BCUT2D eigenvalue weighted by Crippen LogP contribution is -2.34. The summed E-state index contributed by atoms with van der Waals surface area (Å²) in [5.74, 6) is 0. The van der Waals surface area contributed by atoms with Gasteiger partial charge in [-0.05, 0) is 104 Å². The first-order chi connectivity index (χ1) is 24.0. The number of nitrogens with zero attached hydrogens (tertiary/aromatic N) is 3. The Morgan fingerprint density at radius 2 is 1.51 bits per heavy atom. The number of hydrogen-bond acceptors (Lipinski definition) is 4. The van der Waals surface area contributed by atoms with E-state index in [1.165, 1.54) is 47.7 Å². The van der Waals surface area contributed by atoms with Crippen molar-refractivity contribution in [1.82, 2.24) is 0 Å². The van der Waals surface area contributed by atoms with Gasteiger partial charge in [-0.2, -0.15) is 4.57 Å². The maximum absolute atomic E-state index is 6.46. The zero-order valence-electron chi connectivity index (χ0n) is 27.9. The van der Waals surface area contributed by atoms with Gasteiger partial charge in [-0.1, -0.05) is 103 Å². The summed E-state index contributed by atoms with van der Waals surface area (Å²) in [6, 6.07) is 34.0. The third kappa shape index (κ3) is 7.27. The molecule has 3 nitrogen and oxygen atoms in total. The van der Waals surface area contributed by atoms with Crippen molar-refractivity contribution >= 4 is 79.7 Å². The molecule has 7 heteroatoms. The number of thioether (sulfide) groups is 1. The van der Waals surface area contributed by atoms with E-state index in [9.17, 15) is 0 Å². The standard InChI is InChI=1S/C42H40Cl2N3S2/c1-3-26-45-36-28-32(43)20-22-38(36)48-40(45)24-18-30-12-11-13-31(19-25-41-46(27-4-2)37-29-33(44)21-23-39(37)49-41)42(30)47(34-14-7-5-8-15-34)35-16-9-6-10-17-35/h5-10,14-25,28-29H,3-4,11-13,26-27H2,1-2H3/q+1. The van der Waals surface area contributed by atoms with Crippen LogP contribution in [0.1, 0.15) is 51.0 Å². The Bertz CT molecular complexity index is 2040. The van der Waals surface area contributed by atoms with Crippen LogP contribution in [0.2, 0.25) is 10.0 Å². The summed E-state index contributed by atoms with van der Waals surface area (Å²) >= 11 is 16.6. The number of anilines is 3. The second-order valence-electron chi connectivity index (χ2n) is 12.3. The molecule has 0 bridgehead atoms. The molecule has 1 aliphatic carbocycles. The fourth-order valence-corrected chi connectivity index (χ4v) is 9.21. The Hall–Kier alpha value is -3.74. The zero-order chi connectivity index (χ0) is 33.7. The Balaban J connectivity index is 1.38. The predicted molar refractivity (Wildman–Crippen MR) is 213 cm³/mol. The molecule has 0 N–H and O–H groups in total. The number of halogens is 2. The molecule has 0 radical (unpaired) electrons. The molecule has 5 aromatic rings. The molecule has 0 fully saturated rings. The molecule has 1 aromatic heterocycles. The maximum atomic E-state index is 6.46. The largest absolute Gasteiger partial charge is 0.335 e. The van der Waals surface area contributed by atoms with Gasteiger partial charge >= 0.3 is 0 Å². The molecule has 2 aliphatic rings. The van der Waals surface area contributed by atoms with E-state index in [-0.39, 0.29) is 0 Å². The summed E-state index contributed by atoms with van der Waals surface area (Å²) in [7, 11) is 0. The molecule has 0 amide bonds. The average molecular weight is 722 g/mol. The third-order valence-electron chi connectivity index (χ3n) is 8.89. The number of fused-ring (bicyclic) bond motifs is 2. The lowest BCUT2D eigenvalue weighted by atomic mass is 9.89. The topological polar surface area (TPSA) is 10.4 Å². The van der Waals surface area contributed by atoms with Crippen LogP contribution in [0.15, 0.2) is 142 Å². The summed E-state index contributed by atoms with van der Waals surface area (Å²) < 4.78 is 3.67. The number of thiazole rings is 1. The van der Waals surface area contributed by atoms with E-state index in [0.717, 1.165) is 66.6 Å². The van der Waals surface area contributed by atoms with Crippen molar-refractivity contribution in [2.75, 3.05) is 16.3 Å². The highest BCUT2D eigenvalue weighted by atomic mass is 35.5. The first-order valence-electron chi connectivity index (χ1n) is 17.1. The summed E-state index contributed by atoms with van der Waals surface area (Å²) in [5.41, 5.74) is 8.63. The Morgan fingerprint density at radius 3 is 2.22 bits per heavy atom. The summed E-state index contributed by atoms with van der Waals surface area (Å²) in [6.07, 6.45) is 14.6. The van der Waals surface area contributed by atoms with E-state index in [0.29, 0.717) is 0 Å². The highest BCUT2D eigenvalue weighted by Crippen LogP contribution is 2.47. The van der Waals surface area contributed by atoms with Crippen LogP contribution in [0, 0.1) is 0 Å². The van der Waals surface area contributed by atoms with Crippen LogP contribution in [0.3, 0.4) is 0 Å². The fourth-order valence-electron chi connectivity index (χ4n) is 6.73. The summed E-state index contributed by atoms with van der Waals surface area (Å²) in [4.78, 5) is 6.13. The second-order valence-corrected chi connectivity index (χ2v) is 15.3. The molecular formula is C42H40Cl2N3S2+. The van der Waals surface area contributed by atoms with Gasteiger partial charge in [0.2, 0.25) is 5.52 Å². The second kappa shape index (κ2) is 15.4. The van der Waals surface area contributed by atoms with Crippen LogP contribution in [0.25, 0.3) is 16.3 Å². The molecule has 49 heavy (non-hydrogen) atoms. The number of allylic oxidation sites excluding steroid dienone is 5. The predicted octanol–water partition coefficient (Wildman–Crippen LogP) is 13.0. The van der Waals surface area contributed by atoms with Crippen molar-refractivity contribution in [2.45, 2.75) is 57.4 Å². The molecule has 0 atom stereocenters. The molecule has 0 spiro atoms. The van der Waals surface area contributed by atoms with Crippen molar-refractivity contribution < 1.29 is 4.57 Å². The molecule has 0 unspecified atom stereocenters. The van der Waals surface area contributed by atoms with Gasteiger partial charge in [0.15, 0.2) is 0 Å². The normalized spacial score (nSPS) is 16.4. The summed E-state index contributed by atoms with van der Waals surface area (Å²) in [6.45, 7) is 6.36. The monoisotopic (exact) mass is 720 g/mol. The minimum atomic E-state index is 0.775. The Kier molecular flexibility index (Phi) is 10.6. The number of aryl methyl sites for hydroxylation is 1. The number of benzene rings is 4.